The van der Waals surface area contributed by atoms with Gasteiger partial charge in [-0.05, 0) is 36.4 Å². The average Bonchev–Trinajstić information content (AvgIpc) is 3.20. The van der Waals surface area contributed by atoms with Crippen LogP contribution in [-0.2, 0) is 4.79 Å². The number of halogens is 1. The lowest BCUT2D eigenvalue weighted by Crippen LogP contribution is -2.14. The van der Waals surface area contributed by atoms with Crippen LogP contribution in [0.1, 0.15) is 10.4 Å². The number of ether oxygens (including phenoxy) is 2. The predicted molar refractivity (Wildman–Crippen MR) is 121 cm³/mol. The zero-order valence-corrected chi connectivity index (χ0v) is 19.2. The number of anilines is 2. The number of rotatable bonds is 8. The van der Waals surface area contributed by atoms with Crippen molar-refractivity contribution in [2.45, 2.75) is 4.34 Å². The summed E-state index contributed by atoms with van der Waals surface area (Å²) in [4.78, 5) is 24.5. The third-order valence-corrected chi connectivity index (χ3v) is 6.24. The van der Waals surface area contributed by atoms with Crippen molar-refractivity contribution >= 4 is 61.7 Å². The molecule has 2 amide bonds. The monoisotopic (exact) mass is 508 g/mol. The number of nitrogens with zero attached hydrogens (tertiary/aromatic N) is 2. The molecule has 30 heavy (non-hydrogen) atoms. The molecule has 0 saturated heterocycles. The molecule has 0 unspecified atom stereocenters. The van der Waals surface area contributed by atoms with Crippen LogP contribution in [-0.4, -0.2) is 42.0 Å². The van der Waals surface area contributed by atoms with Gasteiger partial charge >= 0.3 is 0 Å². The van der Waals surface area contributed by atoms with Crippen molar-refractivity contribution in [3.05, 3.63) is 52.5 Å². The smallest absolute Gasteiger partial charge is 0.257 e. The largest absolute Gasteiger partial charge is 0.497 e. The van der Waals surface area contributed by atoms with Gasteiger partial charge in [0, 0.05) is 16.1 Å². The van der Waals surface area contributed by atoms with Crippen LogP contribution in [0.5, 0.6) is 11.5 Å². The predicted octanol–water partition coefficient (Wildman–Crippen LogP) is 4.30. The summed E-state index contributed by atoms with van der Waals surface area (Å²) in [5.41, 5.74) is 1.02. The van der Waals surface area contributed by atoms with Gasteiger partial charge < -0.3 is 14.8 Å². The van der Waals surface area contributed by atoms with E-state index in [1.54, 1.807) is 49.6 Å². The number of carbonyl (C=O) groups is 2. The van der Waals surface area contributed by atoms with Crippen molar-refractivity contribution < 1.29 is 19.1 Å². The number of amides is 2. The molecule has 2 aromatic carbocycles. The van der Waals surface area contributed by atoms with Crippen molar-refractivity contribution in [3.63, 3.8) is 0 Å². The van der Waals surface area contributed by atoms with Gasteiger partial charge in [0.05, 0.1) is 25.7 Å². The molecular formula is C19H17BrN4O4S2. The normalized spacial score (nSPS) is 10.4. The Morgan fingerprint density at radius 3 is 2.53 bits per heavy atom. The standard InChI is InChI=1S/C19H17BrN4O4S2/c1-27-13-7-8-15(28-2)14(9-13)21-16(25)10-29-19-24-23-18(30-19)22-17(26)11-3-5-12(20)6-4-11/h3-9H,10H2,1-2H3,(H,21,25)(H,22,23,26). The molecule has 0 radical (unpaired) electrons. The Labute approximate surface area is 189 Å². The molecule has 11 heteroatoms. The van der Waals surface area contributed by atoms with E-state index >= 15 is 0 Å². The zero-order chi connectivity index (χ0) is 21.5. The minimum Gasteiger partial charge on any atom is -0.497 e. The molecule has 0 aliphatic carbocycles. The number of hydrogen-bond acceptors (Lipinski definition) is 8. The maximum Gasteiger partial charge on any atom is 0.257 e. The van der Waals surface area contributed by atoms with Gasteiger partial charge in [-0.1, -0.05) is 39.0 Å². The van der Waals surface area contributed by atoms with Crippen LogP contribution >= 0.6 is 39.0 Å². The summed E-state index contributed by atoms with van der Waals surface area (Å²) in [6.45, 7) is 0. The van der Waals surface area contributed by atoms with Crippen molar-refractivity contribution in [1.82, 2.24) is 10.2 Å². The minimum absolute atomic E-state index is 0.121. The summed E-state index contributed by atoms with van der Waals surface area (Å²) >= 11 is 5.74. The van der Waals surface area contributed by atoms with Crippen LogP contribution in [0.25, 0.3) is 0 Å². The molecule has 0 aliphatic rings. The fraction of sp³-hybridized carbons (Fsp3) is 0.158. The van der Waals surface area contributed by atoms with Crippen LogP contribution in [0.3, 0.4) is 0 Å². The van der Waals surface area contributed by atoms with Gasteiger partial charge in [-0.15, -0.1) is 10.2 Å². The second-order valence-electron chi connectivity index (χ2n) is 5.74. The van der Waals surface area contributed by atoms with Gasteiger partial charge in [-0.3, -0.25) is 14.9 Å². The quantitative estimate of drug-likeness (QED) is 0.345. The fourth-order valence-electron chi connectivity index (χ4n) is 2.31. The minimum atomic E-state index is -0.280. The molecule has 3 rings (SSSR count). The second kappa shape index (κ2) is 10.4. The maximum absolute atomic E-state index is 12.3. The first-order chi connectivity index (χ1) is 14.5. The molecule has 0 atom stereocenters. The number of hydrogen-bond donors (Lipinski definition) is 2. The van der Waals surface area contributed by atoms with Crippen LogP contribution in [0, 0.1) is 0 Å². The molecule has 0 saturated carbocycles. The highest BCUT2D eigenvalue weighted by Gasteiger charge is 2.13. The Balaban J connectivity index is 1.54. The molecule has 1 aromatic heterocycles. The topological polar surface area (TPSA) is 102 Å². The van der Waals surface area contributed by atoms with Crippen molar-refractivity contribution in [1.29, 1.82) is 0 Å². The van der Waals surface area contributed by atoms with Crippen LogP contribution in [0.15, 0.2) is 51.3 Å². The summed E-state index contributed by atoms with van der Waals surface area (Å²) in [6.07, 6.45) is 0. The Kier molecular flexibility index (Phi) is 7.66. The van der Waals surface area contributed by atoms with Gasteiger partial charge in [0.15, 0.2) is 4.34 Å². The molecule has 0 fully saturated rings. The van der Waals surface area contributed by atoms with E-state index in [4.69, 9.17) is 9.47 Å². The second-order valence-corrected chi connectivity index (χ2v) is 8.85. The van der Waals surface area contributed by atoms with Gasteiger partial charge in [-0.2, -0.15) is 0 Å². The summed E-state index contributed by atoms with van der Waals surface area (Å²) in [5, 5.41) is 13.8. The maximum atomic E-state index is 12.3. The molecule has 0 aliphatic heterocycles. The molecule has 156 valence electrons. The van der Waals surface area contributed by atoms with Crippen LogP contribution in [0.4, 0.5) is 10.8 Å². The zero-order valence-electron chi connectivity index (χ0n) is 16.0. The molecule has 0 spiro atoms. The summed E-state index contributed by atoms with van der Waals surface area (Å²) in [6, 6.07) is 12.1. The number of nitrogens with one attached hydrogen (secondary N) is 2. The van der Waals surface area contributed by atoms with E-state index < -0.39 is 0 Å². The first-order valence-corrected chi connectivity index (χ1v) is 11.1. The Morgan fingerprint density at radius 1 is 1.07 bits per heavy atom. The SMILES string of the molecule is COc1ccc(OC)c(NC(=O)CSc2nnc(NC(=O)c3ccc(Br)cc3)s2)c1. The van der Waals surface area contributed by atoms with Crippen molar-refractivity contribution in [3.8, 4) is 11.5 Å². The van der Waals surface area contributed by atoms with Gasteiger partial charge in [0.2, 0.25) is 11.0 Å². The highest BCUT2D eigenvalue weighted by atomic mass is 79.9. The Bertz CT molecular complexity index is 1040. The number of aromatic nitrogens is 2. The molecule has 2 N–H and O–H groups in total. The number of benzene rings is 2. The van der Waals surface area contributed by atoms with E-state index in [2.05, 4.69) is 36.8 Å². The first-order valence-electron chi connectivity index (χ1n) is 8.53. The summed E-state index contributed by atoms with van der Waals surface area (Å²) in [5.74, 6) is 0.743. The van der Waals surface area contributed by atoms with Gasteiger partial charge in [-0.25, -0.2) is 0 Å². The number of thioether (sulfide) groups is 1. The number of carbonyl (C=O) groups excluding carboxylic acids is 2. The van der Waals surface area contributed by atoms with Gasteiger partial charge in [0.1, 0.15) is 11.5 Å². The van der Waals surface area contributed by atoms with E-state index in [9.17, 15) is 9.59 Å². The Morgan fingerprint density at radius 2 is 1.83 bits per heavy atom. The van der Waals surface area contributed by atoms with Crippen molar-refractivity contribution in [2.24, 2.45) is 0 Å². The third kappa shape index (κ3) is 5.94. The fourth-order valence-corrected chi connectivity index (χ4v) is 4.13. The van der Waals surface area contributed by atoms with E-state index in [-0.39, 0.29) is 17.6 Å². The van der Waals surface area contributed by atoms with Gasteiger partial charge in [0.25, 0.3) is 5.91 Å². The summed E-state index contributed by atoms with van der Waals surface area (Å²) in [7, 11) is 3.07. The lowest BCUT2D eigenvalue weighted by atomic mass is 10.2. The first kappa shape index (κ1) is 22.1. The van der Waals surface area contributed by atoms with E-state index in [1.807, 2.05) is 0 Å². The summed E-state index contributed by atoms with van der Waals surface area (Å²) < 4.78 is 11.9. The molecule has 3 aromatic rings. The van der Waals surface area contributed by atoms with E-state index in [1.165, 1.54) is 30.2 Å². The molecule has 1 heterocycles. The van der Waals surface area contributed by atoms with E-state index in [0.717, 1.165) is 4.47 Å². The van der Waals surface area contributed by atoms with E-state index in [0.29, 0.717) is 32.2 Å². The molecule has 0 bridgehead atoms. The highest BCUT2D eigenvalue weighted by Crippen LogP contribution is 2.30. The molecular weight excluding hydrogens is 492 g/mol. The lowest BCUT2D eigenvalue weighted by Gasteiger charge is -2.11. The highest BCUT2D eigenvalue weighted by molar-refractivity contribution is 9.10. The van der Waals surface area contributed by atoms with Crippen LogP contribution < -0.4 is 20.1 Å². The lowest BCUT2D eigenvalue weighted by molar-refractivity contribution is -0.113. The Hall–Kier alpha value is -2.63. The average molecular weight is 509 g/mol. The van der Waals surface area contributed by atoms with Crippen molar-refractivity contribution in [2.75, 3.05) is 30.6 Å². The van der Waals surface area contributed by atoms with Crippen LogP contribution in [0.2, 0.25) is 0 Å². The molecule has 8 nitrogen and oxygen atoms in total. The number of methoxy groups -OCH3 is 2. The third-order valence-electron chi connectivity index (χ3n) is 3.74.